The third-order valence-electron chi connectivity index (χ3n) is 1.83. The van der Waals surface area contributed by atoms with E-state index in [1.807, 2.05) is 0 Å². The van der Waals surface area contributed by atoms with Gasteiger partial charge in [-0.2, -0.15) is 0 Å². The van der Waals surface area contributed by atoms with Crippen LogP contribution >= 0.6 is 69.6 Å². The van der Waals surface area contributed by atoms with E-state index in [-0.39, 0.29) is 46.9 Å². The third-order valence-corrected chi connectivity index (χ3v) is 5.86. The van der Waals surface area contributed by atoms with Crippen LogP contribution in [0.15, 0.2) is 0 Å². The van der Waals surface area contributed by atoms with Crippen LogP contribution < -0.4 is 0 Å². The van der Waals surface area contributed by atoms with Gasteiger partial charge in [0.25, 0.3) is 0 Å². The number of rotatable bonds is 0. The Kier molecular flexibility index (Phi) is 11.7. The van der Waals surface area contributed by atoms with Crippen LogP contribution in [-0.4, -0.2) is 79.2 Å². The maximum atomic E-state index is 5.88. The first-order valence-electron chi connectivity index (χ1n) is 3.31. The molecule has 1 rings (SSSR count). The number of alkyl halides is 6. The fraction of sp³-hybridized carbons (Fsp3) is 1.00. The van der Waals surface area contributed by atoms with Gasteiger partial charge in [-0.3, -0.25) is 0 Å². The number of halogens is 6. The summed E-state index contributed by atoms with van der Waals surface area (Å²) in [5.74, 6) is 0. The molecule has 0 aromatic rings. The van der Waals surface area contributed by atoms with E-state index in [9.17, 15) is 0 Å². The number of hydrogen-bond acceptors (Lipinski definition) is 0. The molecule has 0 aliphatic heterocycles. The van der Waals surface area contributed by atoms with Crippen molar-refractivity contribution in [3.63, 3.8) is 0 Å². The van der Waals surface area contributed by atoms with Gasteiger partial charge in [-0.1, -0.05) is 0 Å². The summed E-state index contributed by atoms with van der Waals surface area (Å²) in [6.07, 6.45) is 0. The van der Waals surface area contributed by atoms with Gasteiger partial charge in [0, 0.05) is 0 Å². The van der Waals surface area contributed by atoms with Crippen LogP contribution in [0.3, 0.4) is 0 Å². The summed E-state index contributed by atoms with van der Waals surface area (Å²) in [6.45, 7) is 0. The average Bonchev–Trinajstić information content (AvgIpc) is 2.08. The average molecular weight is 345 g/mol. The monoisotopic (exact) mass is 342 g/mol. The van der Waals surface area contributed by atoms with E-state index in [2.05, 4.69) is 0 Å². The SMILES string of the molecule is Cl[C@H]1[C@H](Cl)[C@@H](Cl)[C@@H](Cl)[C@H](Cl)[C@H]1Cl.[AlH3].[NaH]. The molecule has 0 spiro atoms. The van der Waals surface area contributed by atoms with Gasteiger partial charge >= 0.3 is 29.6 Å². The van der Waals surface area contributed by atoms with E-state index >= 15 is 0 Å². The van der Waals surface area contributed by atoms with E-state index in [1.165, 1.54) is 0 Å². The topological polar surface area (TPSA) is 0 Å². The molecule has 1 aliphatic carbocycles. The van der Waals surface area contributed by atoms with E-state index in [1.54, 1.807) is 0 Å². The molecule has 14 heavy (non-hydrogen) atoms. The molecule has 0 aromatic heterocycles. The van der Waals surface area contributed by atoms with Gasteiger partial charge in [0.15, 0.2) is 17.4 Å². The van der Waals surface area contributed by atoms with Crippen LogP contribution in [0.2, 0.25) is 0 Å². The van der Waals surface area contributed by atoms with Crippen molar-refractivity contribution in [2.45, 2.75) is 32.3 Å². The second-order valence-electron chi connectivity index (χ2n) is 2.67. The summed E-state index contributed by atoms with van der Waals surface area (Å²) in [5, 5.41) is -2.62. The van der Waals surface area contributed by atoms with Gasteiger partial charge in [0.2, 0.25) is 0 Å². The Balaban J connectivity index is 0. The minimum absolute atomic E-state index is 0. The first-order valence-corrected chi connectivity index (χ1v) is 5.93. The molecule has 1 saturated carbocycles. The number of hydrogen-bond donors (Lipinski definition) is 0. The zero-order valence-corrected chi connectivity index (χ0v) is 10.3. The molecule has 0 aromatic carbocycles. The first-order chi connectivity index (χ1) is 5.46. The summed E-state index contributed by atoms with van der Waals surface area (Å²) < 4.78 is 0. The van der Waals surface area contributed by atoms with Crippen molar-refractivity contribution in [1.29, 1.82) is 0 Å². The van der Waals surface area contributed by atoms with Gasteiger partial charge < -0.3 is 0 Å². The summed E-state index contributed by atoms with van der Waals surface area (Å²) in [5.41, 5.74) is 0. The van der Waals surface area contributed by atoms with E-state index in [0.717, 1.165) is 0 Å². The van der Waals surface area contributed by atoms with Crippen LogP contribution in [0, 0.1) is 0 Å². The van der Waals surface area contributed by atoms with Crippen molar-refractivity contribution < 1.29 is 0 Å². The summed E-state index contributed by atoms with van der Waals surface area (Å²) in [6, 6.07) is 0. The predicted octanol–water partition coefficient (Wildman–Crippen LogP) is 1.81. The Bertz CT molecular complexity index is 114. The Hall–Kier alpha value is 3.27. The van der Waals surface area contributed by atoms with Crippen molar-refractivity contribution in [3.8, 4) is 0 Å². The molecular formula is C6H10AlCl6Na. The van der Waals surface area contributed by atoms with Crippen LogP contribution in [0.4, 0.5) is 0 Å². The second kappa shape index (κ2) is 8.39. The molecule has 1 fully saturated rings. The Morgan fingerprint density at radius 2 is 0.500 bits per heavy atom. The molecule has 0 N–H and O–H groups in total. The molecular weight excluding hydrogens is 335 g/mol. The van der Waals surface area contributed by atoms with Crippen molar-refractivity contribution in [3.05, 3.63) is 0 Å². The molecule has 0 amide bonds. The van der Waals surface area contributed by atoms with Crippen molar-refractivity contribution >= 4 is 117 Å². The molecule has 8 heteroatoms. The molecule has 0 bridgehead atoms. The van der Waals surface area contributed by atoms with Gasteiger partial charge in [0.1, 0.15) is 0 Å². The molecule has 1 aliphatic rings. The van der Waals surface area contributed by atoms with Gasteiger partial charge in [0.05, 0.1) is 32.3 Å². The standard InChI is InChI=1S/C6H6Cl6.Al.Na.4H/c7-1-2(8)4(10)6(12)5(11)3(1)9;;;;;;/h1-6H;;;;;;/t1-,2-,3-,4+,5+,6+;;;;;;. The van der Waals surface area contributed by atoms with Crippen molar-refractivity contribution in [2.24, 2.45) is 0 Å². The van der Waals surface area contributed by atoms with E-state index in [4.69, 9.17) is 69.6 Å². The van der Waals surface area contributed by atoms with Crippen LogP contribution in [0.25, 0.3) is 0 Å². The fourth-order valence-corrected chi connectivity index (χ4v) is 3.38. The van der Waals surface area contributed by atoms with Crippen LogP contribution in [-0.2, 0) is 0 Å². The van der Waals surface area contributed by atoms with Crippen molar-refractivity contribution in [2.75, 3.05) is 0 Å². The minimum atomic E-state index is -0.437. The molecule has 0 nitrogen and oxygen atoms in total. The zero-order chi connectivity index (χ0) is 9.46. The van der Waals surface area contributed by atoms with Gasteiger partial charge in [-0.25, -0.2) is 0 Å². The quantitative estimate of drug-likeness (QED) is 0.464. The van der Waals surface area contributed by atoms with Gasteiger partial charge in [-0.15, -0.1) is 69.6 Å². The molecule has 0 saturated heterocycles. The fourth-order valence-electron chi connectivity index (χ4n) is 1.05. The summed E-state index contributed by atoms with van der Waals surface area (Å²) >= 11 is 35.3. The normalized spacial score (nSPS) is 47.6. The first kappa shape index (κ1) is 19.6. The van der Waals surface area contributed by atoms with Gasteiger partial charge in [-0.05, 0) is 0 Å². The maximum absolute atomic E-state index is 5.88. The third kappa shape index (κ3) is 4.18. The Morgan fingerprint density at radius 3 is 0.571 bits per heavy atom. The molecule has 0 unspecified atom stereocenters. The predicted molar refractivity (Wildman–Crippen MR) is 74.9 cm³/mol. The van der Waals surface area contributed by atoms with E-state index < -0.39 is 32.3 Å². The molecule has 0 radical (unpaired) electrons. The van der Waals surface area contributed by atoms with Crippen LogP contribution in [0.1, 0.15) is 0 Å². The summed E-state index contributed by atoms with van der Waals surface area (Å²) in [7, 11) is 0. The Morgan fingerprint density at radius 1 is 0.429 bits per heavy atom. The Labute approximate surface area is 147 Å². The molecule has 0 heterocycles. The summed E-state index contributed by atoms with van der Waals surface area (Å²) in [4.78, 5) is 0. The molecule has 0 atom stereocenters. The van der Waals surface area contributed by atoms with E-state index in [0.29, 0.717) is 0 Å². The zero-order valence-electron chi connectivity index (χ0n) is 5.73. The van der Waals surface area contributed by atoms with Crippen molar-refractivity contribution in [1.82, 2.24) is 0 Å². The van der Waals surface area contributed by atoms with Crippen LogP contribution in [0.5, 0.6) is 0 Å². The second-order valence-corrected chi connectivity index (χ2v) is 5.69. The molecule has 80 valence electrons.